The van der Waals surface area contributed by atoms with Crippen LogP contribution in [0.4, 0.5) is 0 Å². The van der Waals surface area contributed by atoms with E-state index in [0.29, 0.717) is 16.9 Å². The van der Waals surface area contributed by atoms with E-state index in [1.54, 1.807) is 43.5 Å². The third-order valence-electron chi connectivity index (χ3n) is 4.12. The van der Waals surface area contributed by atoms with Crippen molar-refractivity contribution < 1.29 is 19.1 Å². The van der Waals surface area contributed by atoms with Crippen LogP contribution in [0.25, 0.3) is 0 Å². The number of nitrogens with one attached hydrogen (secondary N) is 2. The molecule has 0 bridgehead atoms. The molecule has 2 rings (SSSR count). The van der Waals surface area contributed by atoms with E-state index in [1.165, 1.54) is 0 Å². The number of rotatable bonds is 9. The number of carbonyl (C=O) groups excluding carboxylic acids is 3. The number of ether oxygens (including phenoxy) is 1. The average Bonchev–Trinajstić information content (AvgIpc) is 2.70. The van der Waals surface area contributed by atoms with Crippen molar-refractivity contribution in [2.75, 3.05) is 7.11 Å². The lowest BCUT2D eigenvalue weighted by Gasteiger charge is -2.20. The molecule has 0 heterocycles. The fraction of sp³-hybridized carbons (Fsp3) is 0.318. The van der Waals surface area contributed by atoms with Crippen LogP contribution < -0.4 is 15.4 Å². The van der Waals surface area contributed by atoms with Crippen molar-refractivity contribution in [3.8, 4) is 5.75 Å². The minimum atomic E-state index is -0.799. The van der Waals surface area contributed by atoms with Crippen molar-refractivity contribution in [1.29, 1.82) is 0 Å². The zero-order valence-corrected chi connectivity index (χ0v) is 16.4. The molecule has 0 spiro atoms. The predicted octanol–water partition coefficient (Wildman–Crippen LogP) is 3.04. The summed E-state index contributed by atoms with van der Waals surface area (Å²) in [5.41, 5.74) is 1.21. The van der Waals surface area contributed by atoms with Gasteiger partial charge in [0.15, 0.2) is 5.78 Å². The van der Waals surface area contributed by atoms with Gasteiger partial charge in [-0.15, -0.1) is 0 Å². The van der Waals surface area contributed by atoms with Gasteiger partial charge in [0.1, 0.15) is 11.8 Å². The Labute approximate surface area is 165 Å². The topological polar surface area (TPSA) is 84.5 Å². The van der Waals surface area contributed by atoms with Gasteiger partial charge >= 0.3 is 0 Å². The van der Waals surface area contributed by atoms with Gasteiger partial charge in [0.25, 0.3) is 0 Å². The standard InChI is InChI=1S/C22H26N2O4/c1-15(2)23-22(27)21(17-7-5-4-6-8-17)24-20(26)14-13-19(25)16-9-11-18(28-3)12-10-16/h4-12,15,21H,13-14H2,1-3H3,(H,23,27)(H,24,26). The monoisotopic (exact) mass is 382 g/mol. The van der Waals surface area contributed by atoms with Gasteiger partial charge in [0.2, 0.25) is 11.8 Å². The van der Waals surface area contributed by atoms with Crippen LogP contribution in [0.5, 0.6) is 5.75 Å². The highest BCUT2D eigenvalue weighted by molar-refractivity contribution is 5.98. The molecule has 6 nitrogen and oxygen atoms in total. The lowest BCUT2D eigenvalue weighted by Crippen LogP contribution is -2.42. The number of carbonyl (C=O) groups is 3. The van der Waals surface area contributed by atoms with Crippen molar-refractivity contribution in [3.63, 3.8) is 0 Å². The van der Waals surface area contributed by atoms with Crippen LogP contribution in [0.2, 0.25) is 0 Å². The van der Waals surface area contributed by atoms with Gasteiger partial charge in [-0.25, -0.2) is 0 Å². The number of amides is 2. The first kappa shape index (κ1) is 21.2. The molecular formula is C22H26N2O4. The Morgan fingerprint density at radius 3 is 2.11 bits per heavy atom. The van der Waals surface area contributed by atoms with Gasteiger partial charge in [-0.1, -0.05) is 30.3 Å². The van der Waals surface area contributed by atoms with Gasteiger partial charge < -0.3 is 15.4 Å². The molecule has 2 N–H and O–H groups in total. The first-order valence-corrected chi connectivity index (χ1v) is 9.22. The van der Waals surface area contributed by atoms with E-state index in [9.17, 15) is 14.4 Å². The van der Waals surface area contributed by atoms with Crippen LogP contribution in [0.3, 0.4) is 0 Å². The molecule has 0 saturated heterocycles. The molecule has 2 aromatic rings. The largest absolute Gasteiger partial charge is 0.497 e. The highest BCUT2D eigenvalue weighted by atomic mass is 16.5. The highest BCUT2D eigenvalue weighted by Gasteiger charge is 2.23. The molecule has 0 aliphatic carbocycles. The number of hydrogen-bond donors (Lipinski definition) is 2. The summed E-state index contributed by atoms with van der Waals surface area (Å²) in [7, 11) is 1.56. The molecule has 0 saturated carbocycles. The summed E-state index contributed by atoms with van der Waals surface area (Å²) >= 11 is 0. The molecule has 0 aliphatic heterocycles. The number of hydrogen-bond acceptors (Lipinski definition) is 4. The second kappa shape index (κ2) is 10.3. The van der Waals surface area contributed by atoms with Gasteiger partial charge in [0.05, 0.1) is 7.11 Å². The van der Waals surface area contributed by atoms with E-state index in [2.05, 4.69) is 10.6 Å². The molecule has 148 valence electrons. The van der Waals surface area contributed by atoms with E-state index in [1.807, 2.05) is 32.0 Å². The maximum atomic E-state index is 12.5. The number of ketones is 1. The molecule has 6 heteroatoms. The van der Waals surface area contributed by atoms with Crippen molar-refractivity contribution >= 4 is 17.6 Å². The Balaban J connectivity index is 1.98. The van der Waals surface area contributed by atoms with Crippen molar-refractivity contribution in [2.24, 2.45) is 0 Å². The van der Waals surface area contributed by atoms with Gasteiger partial charge in [-0.05, 0) is 43.7 Å². The molecule has 1 atom stereocenters. The molecule has 28 heavy (non-hydrogen) atoms. The highest BCUT2D eigenvalue weighted by Crippen LogP contribution is 2.15. The Kier molecular flexibility index (Phi) is 7.75. The molecule has 1 unspecified atom stereocenters. The lowest BCUT2D eigenvalue weighted by molar-refractivity contribution is -0.129. The zero-order chi connectivity index (χ0) is 20.5. The van der Waals surface area contributed by atoms with Gasteiger partial charge in [-0.2, -0.15) is 0 Å². The molecule has 0 aromatic heterocycles. The first-order chi connectivity index (χ1) is 13.4. The molecule has 2 amide bonds. The van der Waals surface area contributed by atoms with Crippen LogP contribution >= 0.6 is 0 Å². The fourth-order valence-electron chi connectivity index (χ4n) is 2.70. The Morgan fingerprint density at radius 2 is 1.54 bits per heavy atom. The summed E-state index contributed by atoms with van der Waals surface area (Å²) in [6, 6.07) is 14.9. The van der Waals surface area contributed by atoms with Crippen molar-refractivity contribution in [2.45, 2.75) is 38.8 Å². The van der Waals surface area contributed by atoms with Gasteiger partial charge in [0, 0.05) is 24.4 Å². The van der Waals surface area contributed by atoms with E-state index < -0.39 is 6.04 Å². The normalized spacial score (nSPS) is 11.6. The first-order valence-electron chi connectivity index (χ1n) is 9.22. The zero-order valence-electron chi connectivity index (χ0n) is 16.4. The fourth-order valence-corrected chi connectivity index (χ4v) is 2.70. The Bertz CT molecular complexity index is 801. The van der Waals surface area contributed by atoms with E-state index >= 15 is 0 Å². The van der Waals surface area contributed by atoms with Crippen LogP contribution in [-0.4, -0.2) is 30.7 Å². The molecule has 0 aliphatic rings. The minimum absolute atomic E-state index is 0.00313. The number of benzene rings is 2. The SMILES string of the molecule is COc1ccc(C(=O)CCC(=O)NC(C(=O)NC(C)C)c2ccccc2)cc1. The summed E-state index contributed by atoms with van der Waals surface area (Å²) in [5.74, 6) is -0.109. The molecule has 0 fully saturated rings. The van der Waals surface area contributed by atoms with Crippen molar-refractivity contribution in [3.05, 3.63) is 65.7 Å². The Morgan fingerprint density at radius 1 is 0.893 bits per heavy atom. The third kappa shape index (κ3) is 6.23. The maximum absolute atomic E-state index is 12.5. The van der Waals surface area contributed by atoms with E-state index in [-0.39, 0.29) is 36.5 Å². The van der Waals surface area contributed by atoms with E-state index in [0.717, 1.165) is 0 Å². The van der Waals surface area contributed by atoms with Gasteiger partial charge in [-0.3, -0.25) is 14.4 Å². The minimum Gasteiger partial charge on any atom is -0.497 e. The number of methoxy groups -OCH3 is 1. The second-order valence-electron chi connectivity index (χ2n) is 6.73. The van der Waals surface area contributed by atoms with E-state index in [4.69, 9.17) is 4.74 Å². The summed E-state index contributed by atoms with van der Waals surface area (Å²) in [6.45, 7) is 3.71. The van der Waals surface area contributed by atoms with Crippen LogP contribution in [0.1, 0.15) is 48.7 Å². The summed E-state index contributed by atoms with van der Waals surface area (Å²) in [5, 5.41) is 5.56. The third-order valence-corrected chi connectivity index (χ3v) is 4.12. The van der Waals surface area contributed by atoms with Crippen LogP contribution in [0.15, 0.2) is 54.6 Å². The summed E-state index contributed by atoms with van der Waals surface area (Å²) < 4.78 is 5.07. The summed E-state index contributed by atoms with van der Waals surface area (Å²) in [4.78, 5) is 37.2. The smallest absolute Gasteiger partial charge is 0.247 e. The molecule has 0 radical (unpaired) electrons. The quantitative estimate of drug-likeness (QED) is 0.653. The summed E-state index contributed by atoms with van der Waals surface area (Å²) in [6.07, 6.45) is 0.0641. The molecular weight excluding hydrogens is 356 g/mol. The van der Waals surface area contributed by atoms with Crippen LogP contribution in [0, 0.1) is 0 Å². The van der Waals surface area contributed by atoms with Crippen molar-refractivity contribution in [1.82, 2.24) is 10.6 Å². The average molecular weight is 382 g/mol. The lowest BCUT2D eigenvalue weighted by atomic mass is 10.0. The predicted molar refractivity (Wildman–Crippen MR) is 107 cm³/mol. The number of Topliss-reactive ketones (excluding diaryl/α,β-unsaturated/α-hetero) is 1. The molecule has 2 aromatic carbocycles. The Hall–Kier alpha value is -3.15. The second-order valence-corrected chi connectivity index (χ2v) is 6.73. The maximum Gasteiger partial charge on any atom is 0.247 e. The van der Waals surface area contributed by atoms with Crippen LogP contribution in [-0.2, 0) is 9.59 Å².